The molecule has 1 aliphatic rings. The maximum atomic E-state index is 15.2. The van der Waals surface area contributed by atoms with Crippen molar-refractivity contribution in [3.8, 4) is 28.1 Å². The van der Waals surface area contributed by atoms with Gasteiger partial charge in [-0.3, -0.25) is 14.6 Å². The van der Waals surface area contributed by atoms with E-state index in [2.05, 4.69) is 30.6 Å². The van der Waals surface area contributed by atoms with Gasteiger partial charge in [0.05, 0.1) is 10.7 Å². The number of methoxy groups -OCH3 is 1. The van der Waals surface area contributed by atoms with Gasteiger partial charge < -0.3 is 19.3 Å². The summed E-state index contributed by atoms with van der Waals surface area (Å²) in [5.41, 5.74) is 4.73. The molecule has 1 saturated heterocycles. The van der Waals surface area contributed by atoms with E-state index < -0.39 is 0 Å². The third kappa shape index (κ3) is 7.84. The van der Waals surface area contributed by atoms with Gasteiger partial charge in [0.25, 0.3) is 0 Å². The third-order valence-corrected chi connectivity index (χ3v) is 7.65. The van der Waals surface area contributed by atoms with Gasteiger partial charge in [-0.25, -0.2) is 9.37 Å². The van der Waals surface area contributed by atoms with E-state index in [9.17, 15) is 4.79 Å². The van der Waals surface area contributed by atoms with Gasteiger partial charge in [0, 0.05) is 87.8 Å². The summed E-state index contributed by atoms with van der Waals surface area (Å²) >= 11 is 6.70. The average molecular weight is 610 g/mol. The lowest BCUT2D eigenvalue weighted by Gasteiger charge is -2.43. The maximum Gasteiger partial charge on any atom is 0.218 e. The lowest BCUT2D eigenvalue weighted by atomic mass is 9.99. The zero-order valence-electron chi connectivity index (χ0n) is 26.0. The molecule has 2 heterocycles. The van der Waals surface area contributed by atoms with E-state index in [-0.39, 0.29) is 18.1 Å². The lowest BCUT2D eigenvalue weighted by Crippen LogP contribution is -2.53. The largest absolute Gasteiger partial charge is 0.465 e. The minimum absolute atomic E-state index is 0.0260. The minimum Gasteiger partial charge on any atom is -0.465 e. The number of pyridine rings is 1. The van der Waals surface area contributed by atoms with Crippen LogP contribution in [0, 0.1) is 12.7 Å². The summed E-state index contributed by atoms with van der Waals surface area (Å²) in [6.45, 7) is 11.9. The number of anilines is 2. The Morgan fingerprint density at radius 1 is 1.02 bits per heavy atom. The highest BCUT2D eigenvalue weighted by Crippen LogP contribution is 2.42. The molecule has 0 saturated carbocycles. The summed E-state index contributed by atoms with van der Waals surface area (Å²) in [5, 5.41) is 0.379. The number of carbonyl (C=O) groups is 1. The van der Waals surface area contributed by atoms with Crippen LogP contribution in [0.3, 0.4) is 0 Å². The molecule has 2 aromatic carbocycles. The van der Waals surface area contributed by atoms with Crippen LogP contribution in [0.25, 0.3) is 22.4 Å². The van der Waals surface area contributed by atoms with Crippen LogP contribution in [-0.4, -0.2) is 80.9 Å². The van der Waals surface area contributed by atoms with E-state index in [0.29, 0.717) is 34.1 Å². The minimum atomic E-state index is -0.347. The van der Waals surface area contributed by atoms with E-state index in [1.807, 2.05) is 44.1 Å². The molecule has 4 rings (SSSR count). The molecule has 8 nitrogen and oxygen atoms in total. The Morgan fingerprint density at radius 3 is 2.35 bits per heavy atom. The highest BCUT2D eigenvalue weighted by atomic mass is 35.5. The van der Waals surface area contributed by atoms with Crippen molar-refractivity contribution in [3.05, 3.63) is 71.4 Å². The Bertz CT molecular complexity index is 1470. The van der Waals surface area contributed by atoms with Crippen LogP contribution < -0.4 is 14.5 Å². The van der Waals surface area contributed by atoms with E-state index in [0.717, 1.165) is 48.7 Å². The molecule has 0 spiro atoms. The van der Waals surface area contributed by atoms with Crippen LogP contribution in [0.5, 0.6) is 5.75 Å². The molecule has 0 N–H and O–H groups in total. The highest BCUT2D eigenvalue weighted by molar-refractivity contribution is 6.34. The number of ether oxygens (including phenoxy) is 2. The monoisotopic (exact) mass is 609 g/mol. The summed E-state index contributed by atoms with van der Waals surface area (Å²) in [6, 6.07) is 12.3. The van der Waals surface area contributed by atoms with Gasteiger partial charge in [0.1, 0.15) is 11.5 Å². The number of hydrogen-bond donors (Lipinski definition) is 0. The number of amides is 1. The van der Waals surface area contributed by atoms with Crippen LogP contribution >= 0.6 is 11.6 Å². The maximum absolute atomic E-state index is 15.2. The van der Waals surface area contributed by atoms with Gasteiger partial charge in [-0.15, -0.1) is 0 Å². The Morgan fingerprint density at radius 2 is 1.74 bits per heavy atom. The number of piperazine rings is 1. The molecule has 0 aliphatic carbocycles. The molecule has 230 valence electrons. The topological polar surface area (TPSA) is 61.4 Å². The number of aryl methyl sites for hydroxylation is 1. The smallest absolute Gasteiger partial charge is 0.218 e. The van der Waals surface area contributed by atoms with Crippen molar-refractivity contribution in [3.63, 3.8) is 0 Å². The Balaban J connectivity index is 1.76. The first-order valence-corrected chi connectivity index (χ1v) is 14.6. The van der Waals surface area contributed by atoms with Crippen LogP contribution in [0.4, 0.5) is 15.8 Å². The first-order chi connectivity index (χ1) is 20.4. The predicted octanol–water partition coefficient (Wildman–Crippen LogP) is 6.42. The Hall–Kier alpha value is -3.66. The van der Waals surface area contributed by atoms with Crippen LogP contribution in [0.1, 0.15) is 26.5 Å². The van der Waals surface area contributed by atoms with Gasteiger partial charge in [-0.05, 0) is 69.7 Å². The van der Waals surface area contributed by atoms with Crippen molar-refractivity contribution in [1.82, 2.24) is 14.8 Å². The normalized spacial score (nSPS) is 14.3. The molecule has 1 aromatic heterocycles. The van der Waals surface area contributed by atoms with Gasteiger partial charge in [0.2, 0.25) is 6.41 Å². The van der Waals surface area contributed by atoms with Crippen molar-refractivity contribution >= 4 is 29.4 Å². The second-order valence-corrected chi connectivity index (χ2v) is 12.2. The SMILES string of the molecule is COCOc1c(-c2ccc(N(C=O)/C=C\N(C)C)c(Cl)c2)cc(C)nc1-c1cc(F)cc(N2CCN(C(C)(C)C)CC2)c1. The van der Waals surface area contributed by atoms with E-state index in [1.54, 1.807) is 37.7 Å². The molecule has 1 aliphatic heterocycles. The van der Waals surface area contributed by atoms with Gasteiger partial charge in [-0.2, -0.15) is 0 Å². The van der Waals surface area contributed by atoms with Crippen molar-refractivity contribution in [1.29, 1.82) is 0 Å². The van der Waals surface area contributed by atoms with Crippen LogP contribution in [-0.2, 0) is 9.53 Å². The molecule has 1 fully saturated rings. The van der Waals surface area contributed by atoms with E-state index in [1.165, 1.54) is 11.0 Å². The fraction of sp³-hybridized carbons (Fsp3) is 0.394. The molecule has 3 aromatic rings. The summed E-state index contributed by atoms with van der Waals surface area (Å²) < 4.78 is 26.5. The molecule has 0 atom stereocenters. The van der Waals surface area contributed by atoms with Gasteiger partial charge in [0.15, 0.2) is 12.5 Å². The van der Waals surface area contributed by atoms with Gasteiger partial charge >= 0.3 is 0 Å². The predicted molar refractivity (Wildman–Crippen MR) is 172 cm³/mol. The molecular formula is C33H41ClFN5O3. The highest BCUT2D eigenvalue weighted by Gasteiger charge is 2.27. The number of benzene rings is 2. The first kappa shape index (κ1) is 32.3. The summed E-state index contributed by atoms with van der Waals surface area (Å²) in [4.78, 5) is 24.5. The van der Waals surface area contributed by atoms with Crippen molar-refractivity contribution < 1.29 is 18.7 Å². The average Bonchev–Trinajstić information content (AvgIpc) is 2.96. The second kappa shape index (κ2) is 13.8. The zero-order chi connectivity index (χ0) is 31.3. The quantitative estimate of drug-likeness (QED) is 0.194. The van der Waals surface area contributed by atoms with Crippen molar-refractivity contribution in [2.45, 2.75) is 33.2 Å². The lowest BCUT2D eigenvalue weighted by molar-refractivity contribution is -0.107. The fourth-order valence-electron chi connectivity index (χ4n) is 5.13. The number of rotatable bonds is 10. The van der Waals surface area contributed by atoms with Crippen molar-refractivity contribution in [2.24, 2.45) is 0 Å². The van der Waals surface area contributed by atoms with Crippen LogP contribution in [0.2, 0.25) is 5.02 Å². The molecule has 0 unspecified atom stereocenters. The number of carbonyl (C=O) groups excluding carboxylic acids is 1. The van der Waals surface area contributed by atoms with Gasteiger partial charge in [-0.1, -0.05) is 17.7 Å². The molecule has 0 bridgehead atoms. The fourth-order valence-corrected chi connectivity index (χ4v) is 5.40. The molecule has 1 amide bonds. The van der Waals surface area contributed by atoms with Crippen molar-refractivity contribution in [2.75, 3.05) is 64.0 Å². The summed E-state index contributed by atoms with van der Waals surface area (Å²) in [5.74, 6) is 0.102. The number of hydrogen-bond acceptors (Lipinski definition) is 7. The second-order valence-electron chi connectivity index (χ2n) is 11.8. The number of aromatic nitrogens is 1. The van der Waals surface area contributed by atoms with E-state index >= 15 is 4.39 Å². The Labute approximate surface area is 259 Å². The number of halogens is 2. The summed E-state index contributed by atoms with van der Waals surface area (Å²) in [7, 11) is 5.27. The molecular weight excluding hydrogens is 569 g/mol. The zero-order valence-corrected chi connectivity index (χ0v) is 26.8. The number of nitrogens with zero attached hydrogens (tertiary/aromatic N) is 5. The third-order valence-electron chi connectivity index (χ3n) is 7.35. The first-order valence-electron chi connectivity index (χ1n) is 14.2. The van der Waals surface area contributed by atoms with Crippen LogP contribution in [0.15, 0.2) is 54.9 Å². The standard InChI is InChI=1S/C33H41ClFN5O3/c1-23-16-28(24-8-9-30(29(34)19-24)39(21-41)11-10-37(5)6)32(43-22-42-7)31(36-23)25-17-26(35)20-27(18-25)38-12-14-40(15-13-38)33(2,3)4/h8-11,16-21H,12-15,22H2,1-7H3/b11-10-. The molecule has 43 heavy (non-hydrogen) atoms. The summed E-state index contributed by atoms with van der Waals surface area (Å²) in [6.07, 6.45) is 4.10. The molecule has 0 radical (unpaired) electrons. The van der Waals surface area contributed by atoms with E-state index in [4.69, 9.17) is 26.1 Å². The molecule has 10 heteroatoms. The Kier molecular flexibility index (Phi) is 10.3.